The van der Waals surface area contributed by atoms with E-state index in [1.165, 1.54) is 43.3 Å². The summed E-state index contributed by atoms with van der Waals surface area (Å²) in [6.45, 7) is 6.02. The Bertz CT molecular complexity index is 3140. The number of ether oxygens (including phenoxy) is 16. The maximum atomic E-state index is 14.6. The summed E-state index contributed by atoms with van der Waals surface area (Å²) in [5.41, 5.74) is 1.60. The van der Waals surface area contributed by atoms with Crippen LogP contribution in [0.15, 0.2) is 152 Å². The summed E-state index contributed by atoms with van der Waals surface area (Å²) in [5.74, 6) is -6.39. The Labute approximate surface area is 523 Å². The monoisotopic (exact) mass is 1260 g/mol. The lowest BCUT2D eigenvalue weighted by Gasteiger charge is -2.50. The highest BCUT2D eigenvalue weighted by atomic mass is 16.8. The van der Waals surface area contributed by atoms with Gasteiger partial charge in [0.05, 0.1) is 48.7 Å². The number of aliphatic hydroxyl groups excluding tert-OH is 2. The maximum absolute atomic E-state index is 14.6. The van der Waals surface area contributed by atoms with Crippen LogP contribution in [0.3, 0.4) is 0 Å². The van der Waals surface area contributed by atoms with Crippen LogP contribution in [-0.4, -0.2) is 182 Å². The number of carbonyl (C=O) groups is 7. The van der Waals surface area contributed by atoms with Crippen molar-refractivity contribution in [3.63, 3.8) is 0 Å². The third-order valence-corrected chi connectivity index (χ3v) is 15.0. The fourth-order valence-electron chi connectivity index (χ4n) is 10.8. The highest BCUT2D eigenvalue weighted by molar-refractivity contribution is 5.91. The first-order chi connectivity index (χ1) is 43.8. The van der Waals surface area contributed by atoms with Gasteiger partial charge in [-0.3, -0.25) is 19.2 Å². The molecule has 0 aliphatic carbocycles. The molecule has 0 bridgehead atoms. The van der Waals surface area contributed by atoms with E-state index in [4.69, 9.17) is 75.8 Å². The summed E-state index contributed by atoms with van der Waals surface area (Å²) in [4.78, 5) is 94.2. The smallest absolute Gasteiger partial charge is 0.338 e. The molecule has 0 unspecified atom stereocenters. The van der Waals surface area contributed by atoms with Gasteiger partial charge in [-0.25, -0.2) is 14.4 Å². The average Bonchev–Trinajstić information content (AvgIpc) is 0.903. The van der Waals surface area contributed by atoms with Crippen molar-refractivity contribution in [1.29, 1.82) is 0 Å². The zero-order chi connectivity index (χ0) is 64.7. The summed E-state index contributed by atoms with van der Waals surface area (Å²) in [7, 11) is 0. The zero-order valence-electron chi connectivity index (χ0n) is 50.5. The van der Waals surface area contributed by atoms with E-state index < -0.39 is 172 Å². The van der Waals surface area contributed by atoms with Gasteiger partial charge in [-0.2, -0.15) is 0 Å². The topological polar surface area (TPSA) is 308 Å². The molecular weight excluding hydrogens is 1190 g/mol. The molecule has 0 aromatic heterocycles. The van der Waals surface area contributed by atoms with Crippen LogP contribution in [0.4, 0.5) is 0 Å². The standard InChI is InChI=1S/C66H72O25/c1-36-50(77-32-42-22-12-7-13-23-42)55(57(63(75)80-36)78-33-43-24-14-8-15-25-43)90-65-58(53(83-40(5)69)48(35-79-65)86-64-49(71)54(84-41(6)70)52(82-39(4)68)47(85-64)34-76-38(3)67)91-66-59(89-62(74)46-30-20-11-21-31-46)56(88-61(73)45-28-18-10-19-29-45)51(37(2)81-66)87-60(72)44-26-16-9-17-27-44/h7-31,36-37,47-59,63-66,71,75H,32-35H2,1-6H3/t36-,37-,47-,48-,49-,50-,51-,52+,53+,54-,55+,56+,57-,58-,59-,63+,64+,65+,66+/m1/s1. The van der Waals surface area contributed by atoms with Gasteiger partial charge in [-0.1, -0.05) is 115 Å². The normalized spacial score (nSPS) is 30.5. The quantitative estimate of drug-likeness (QED) is 0.0621. The van der Waals surface area contributed by atoms with Crippen molar-refractivity contribution in [3.05, 3.63) is 179 Å². The Balaban J connectivity index is 1.16. The van der Waals surface area contributed by atoms with Crippen molar-refractivity contribution in [2.24, 2.45) is 0 Å². The molecular formula is C66H72O25. The van der Waals surface area contributed by atoms with Crippen LogP contribution >= 0.6 is 0 Å². The predicted molar refractivity (Wildman–Crippen MR) is 310 cm³/mol. The molecule has 25 nitrogen and oxygen atoms in total. The van der Waals surface area contributed by atoms with Crippen LogP contribution in [0, 0.1) is 0 Å². The maximum Gasteiger partial charge on any atom is 0.338 e. The number of benzene rings is 5. The van der Waals surface area contributed by atoms with Gasteiger partial charge in [0.2, 0.25) is 0 Å². The fourth-order valence-corrected chi connectivity index (χ4v) is 10.8. The third-order valence-electron chi connectivity index (χ3n) is 15.0. The molecule has 4 aliphatic rings. The van der Waals surface area contributed by atoms with E-state index in [1.807, 2.05) is 36.4 Å². The third kappa shape index (κ3) is 17.7. The number of aliphatic hydroxyl groups is 2. The van der Waals surface area contributed by atoms with E-state index in [0.29, 0.717) is 5.56 Å². The zero-order valence-corrected chi connectivity index (χ0v) is 50.5. The van der Waals surface area contributed by atoms with Gasteiger partial charge in [0.1, 0.15) is 43.2 Å². The molecule has 0 amide bonds. The molecule has 0 saturated carbocycles. The van der Waals surface area contributed by atoms with Gasteiger partial charge in [-0.15, -0.1) is 0 Å². The first kappa shape index (κ1) is 67.3. The molecule has 4 aliphatic heterocycles. The van der Waals surface area contributed by atoms with E-state index in [0.717, 1.165) is 33.3 Å². The van der Waals surface area contributed by atoms with E-state index in [2.05, 4.69) is 0 Å². The summed E-state index contributed by atoms with van der Waals surface area (Å²) in [6.07, 6.45) is -31.0. The van der Waals surface area contributed by atoms with E-state index in [1.54, 1.807) is 85.8 Å². The Morgan fingerprint density at radius 2 is 0.846 bits per heavy atom. The summed E-state index contributed by atoms with van der Waals surface area (Å²) >= 11 is 0. The molecule has 19 atom stereocenters. The molecule has 486 valence electrons. The molecule has 4 fully saturated rings. The lowest BCUT2D eigenvalue weighted by Crippen LogP contribution is -2.67. The van der Waals surface area contributed by atoms with Crippen molar-refractivity contribution >= 4 is 41.8 Å². The largest absolute Gasteiger partial charge is 0.463 e. The lowest BCUT2D eigenvalue weighted by molar-refractivity contribution is -0.390. The van der Waals surface area contributed by atoms with E-state index >= 15 is 0 Å². The molecule has 2 N–H and O–H groups in total. The van der Waals surface area contributed by atoms with Crippen molar-refractivity contribution in [2.45, 2.75) is 171 Å². The molecule has 9 rings (SSSR count). The molecule has 91 heavy (non-hydrogen) atoms. The summed E-state index contributed by atoms with van der Waals surface area (Å²) in [5, 5.41) is 23.9. The second-order valence-electron chi connectivity index (χ2n) is 21.8. The Morgan fingerprint density at radius 3 is 1.35 bits per heavy atom. The second-order valence-corrected chi connectivity index (χ2v) is 21.8. The number of esters is 7. The van der Waals surface area contributed by atoms with Gasteiger partial charge < -0.3 is 86.0 Å². The molecule has 4 saturated heterocycles. The van der Waals surface area contributed by atoms with Gasteiger partial charge in [-0.05, 0) is 61.4 Å². The average molecular weight is 1270 g/mol. The van der Waals surface area contributed by atoms with Gasteiger partial charge in [0, 0.05) is 27.7 Å². The Hall–Kier alpha value is -8.05. The van der Waals surface area contributed by atoms with Gasteiger partial charge >= 0.3 is 41.8 Å². The molecule has 4 heterocycles. The van der Waals surface area contributed by atoms with Crippen molar-refractivity contribution < 1.29 is 120 Å². The van der Waals surface area contributed by atoms with Crippen molar-refractivity contribution in [2.75, 3.05) is 13.2 Å². The van der Waals surface area contributed by atoms with Crippen LogP contribution in [-0.2, 0) is 108 Å². The van der Waals surface area contributed by atoms with E-state index in [9.17, 15) is 43.8 Å². The van der Waals surface area contributed by atoms with Crippen LogP contribution in [0.5, 0.6) is 0 Å². The summed E-state index contributed by atoms with van der Waals surface area (Å²) in [6, 6.07) is 41.6. The second kappa shape index (κ2) is 31.8. The first-order valence-corrected chi connectivity index (χ1v) is 29.5. The summed E-state index contributed by atoms with van der Waals surface area (Å²) < 4.78 is 100. The van der Waals surface area contributed by atoms with E-state index in [-0.39, 0.29) is 29.9 Å². The van der Waals surface area contributed by atoms with Crippen LogP contribution in [0.1, 0.15) is 83.7 Å². The highest BCUT2D eigenvalue weighted by Gasteiger charge is 2.59. The molecule has 0 radical (unpaired) electrons. The number of rotatable bonds is 23. The fraction of sp³-hybridized carbons (Fsp3) is 0.439. The Morgan fingerprint density at radius 1 is 0.407 bits per heavy atom. The number of hydrogen-bond acceptors (Lipinski definition) is 25. The lowest BCUT2D eigenvalue weighted by atomic mass is 9.96. The molecule has 25 heteroatoms. The molecule has 5 aromatic rings. The van der Waals surface area contributed by atoms with Crippen LogP contribution in [0.2, 0.25) is 0 Å². The number of hydrogen-bond donors (Lipinski definition) is 2. The molecule has 5 aromatic carbocycles. The van der Waals surface area contributed by atoms with Gasteiger partial charge in [0.15, 0.2) is 67.9 Å². The van der Waals surface area contributed by atoms with Crippen LogP contribution < -0.4 is 0 Å². The van der Waals surface area contributed by atoms with Crippen molar-refractivity contribution in [1.82, 2.24) is 0 Å². The SMILES string of the molecule is CC(=O)OC[C@H]1O[C@@H](O[C@@H]2CO[C@@H](O[C@@H]3[C@@H](OCc4ccccc4)[C@@H](O)O[C@H](C)[C@H]3OCc3ccccc3)[C@H](O[C@@H]3O[C@H](C)[C@@H](OC(=O)c4ccccc4)[C@H](OC(=O)c4ccccc4)[C@H]3OC(=O)c3ccccc3)[C@H]2OC(C)=O)[C@H](O)[C@@H](OC(C)=O)[C@H]1OC(C)=O. The minimum atomic E-state index is -2.01. The first-order valence-electron chi connectivity index (χ1n) is 29.5. The minimum absolute atomic E-state index is 0.00576. The minimum Gasteiger partial charge on any atom is -0.463 e. The van der Waals surface area contributed by atoms with Gasteiger partial charge in [0.25, 0.3) is 0 Å². The number of carbonyl (C=O) groups excluding carboxylic acids is 7. The van der Waals surface area contributed by atoms with Crippen LogP contribution in [0.25, 0.3) is 0 Å². The predicted octanol–water partition coefficient (Wildman–Crippen LogP) is 5.27. The highest BCUT2D eigenvalue weighted by Crippen LogP contribution is 2.39. The Kier molecular flexibility index (Phi) is 23.5. The molecule has 0 spiro atoms. The van der Waals surface area contributed by atoms with Crippen molar-refractivity contribution in [3.8, 4) is 0 Å².